The molecular weight excluding hydrogens is 226 g/mol. The topological polar surface area (TPSA) is 55.5 Å². The SMILES string of the molecule is CC1CC(OC2CCC(N)(CO)C2)CC(C)(C)C1. The molecule has 106 valence electrons. The smallest absolute Gasteiger partial charge is 0.0612 e. The van der Waals surface area contributed by atoms with E-state index in [1.807, 2.05) is 0 Å². The highest BCUT2D eigenvalue weighted by molar-refractivity contribution is 4.94. The van der Waals surface area contributed by atoms with Crippen molar-refractivity contribution in [2.75, 3.05) is 6.61 Å². The van der Waals surface area contributed by atoms with Gasteiger partial charge in [-0.2, -0.15) is 0 Å². The average Bonchev–Trinajstić information content (AvgIpc) is 2.58. The van der Waals surface area contributed by atoms with Crippen LogP contribution in [0.4, 0.5) is 0 Å². The summed E-state index contributed by atoms with van der Waals surface area (Å²) in [5.74, 6) is 0.751. The first-order valence-electron chi connectivity index (χ1n) is 7.37. The van der Waals surface area contributed by atoms with Crippen LogP contribution in [0.3, 0.4) is 0 Å². The zero-order valence-corrected chi connectivity index (χ0v) is 12.1. The Morgan fingerprint density at radius 3 is 2.50 bits per heavy atom. The zero-order chi connectivity index (χ0) is 13.4. The molecule has 0 heterocycles. The molecule has 0 bridgehead atoms. The Morgan fingerprint density at radius 2 is 1.94 bits per heavy atom. The van der Waals surface area contributed by atoms with E-state index in [0.717, 1.165) is 31.6 Å². The highest BCUT2D eigenvalue weighted by Crippen LogP contribution is 2.41. The summed E-state index contributed by atoms with van der Waals surface area (Å²) in [5.41, 5.74) is 6.12. The van der Waals surface area contributed by atoms with Crippen molar-refractivity contribution in [3.63, 3.8) is 0 Å². The van der Waals surface area contributed by atoms with E-state index in [9.17, 15) is 5.11 Å². The Labute approximate surface area is 111 Å². The summed E-state index contributed by atoms with van der Waals surface area (Å²) in [6.07, 6.45) is 6.98. The van der Waals surface area contributed by atoms with Gasteiger partial charge in [-0.05, 0) is 49.9 Å². The lowest BCUT2D eigenvalue weighted by atomic mass is 9.71. The van der Waals surface area contributed by atoms with Gasteiger partial charge < -0.3 is 15.6 Å². The van der Waals surface area contributed by atoms with Gasteiger partial charge >= 0.3 is 0 Å². The quantitative estimate of drug-likeness (QED) is 0.814. The van der Waals surface area contributed by atoms with Crippen LogP contribution in [0.5, 0.6) is 0 Å². The van der Waals surface area contributed by atoms with Gasteiger partial charge in [-0.15, -0.1) is 0 Å². The van der Waals surface area contributed by atoms with E-state index in [4.69, 9.17) is 10.5 Å². The third kappa shape index (κ3) is 3.46. The molecule has 0 aromatic rings. The zero-order valence-electron chi connectivity index (χ0n) is 12.1. The third-order valence-corrected chi connectivity index (χ3v) is 4.64. The number of aliphatic hydroxyl groups is 1. The molecule has 4 atom stereocenters. The molecule has 0 aromatic heterocycles. The summed E-state index contributed by atoms with van der Waals surface area (Å²) in [7, 11) is 0. The van der Waals surface area contributed by atoms with Crippen LogP contribution >= 0.6 is 0 Å². The molecule has 3 nitrogen and oxygen atoms in total. The molecule has 0 amide bonds. The Morgan fingerprint density at radius 1 is 1.22 bits per heavy atom. The van der Waals surface area contributed by atoms with E-state index in [-0.39, 0.29) is 18.2 Å². The van der Waals surface area contributed by atoms with Crippen LogP contribution in [0.15, 0.2) is 0 Å². The highest BCUT2D eigenvalue weighted by Gasteiger charge is 2.39. The van der Waals surface area contributed by atoms with Crippen molar-refractivity contribution in [1.29, 1.82) is 0 Å². The lowest BCUT2D eigenvalue weighted by molar-refractivity contribution is -0.0647. The van der Waals surface area contributed by atoms with Gasteiger partial charge in [0.2, 0.25) is 0 Å². The number of ether oxygens (including phenoxy) is 1. The summed E-state index contributed by atoms with van der Waals surface area (Å²) in [4.78, 5) is 0. The van der Waals surface area contributed by atoms with Gasteiger partial charge in [-0.25, -0.2) is 0 Å². The van der Waals surface area contributed by atoms with Crippen molar-refractivity contribution in [3.8, 4) is 0 Å². The molecule has 0 radical (unpaired) electrons. The van der Waals surface area contributed by atoms with Gasteiger partial charge in [0.05, 0.1) is 18.8 Å². The molecule has 2 aliphatic rings. The van der Waals surface area contributed by atoms with Crippen molar-refractivity contribution in [3.05, 3.63) is 0 Å². The lowest BCUT2D eigenvalue weighted by Crippen LogP contribution is -2.42. The van der Waals surface area contributed by atoms with Crippen molar-refractivity contribution < 1.29 is 9.84 Å². The van der Waals surface area contributed by atoms with Crippen LogP contribution in [0.2, 0.25) is 0 Å². The molecule has 0 saturated heterocycles. The Kier molecular flexibility index (Phi) is 4.05. The number of hydrogen-bond acceptors (Lipinski definition) is 3. The third-order valence-electron chi connectivity index (χ3n) is 4.64. The van der Waals surface area contributed by atoms with E-state index < -0.39 is 0 Å². The van der Waals surface area contributed by atoms with E-state index in [1.54, 1.807) is 0 Å². The van der Waals surface area contributed by atoms with Crippen LogP contribution in [0.1, 0.15) is 59.3 Å². The van der Waals surface area contributed by atoms with Crippen LogP contribution in [0.25, 0.3) is 0 Å². The largest absolute Gasteiger partial charge is 0.394 e. The van der Waals surface area contributed by atoms with Gasteiger partial charge in [-0.3, -0.25) is 0 Å². The van der Waals surface area contributed by atoms with Crippen molar-refractivity contribution in [2.45, 2.75) is 77.0 Å². The van der Waals surface area contributed by atoms with Crippen LogP contribution in [-0.4, -0.2) is 29.5 Å². The maximum Gasteiger partial charge on any atom is 0.0612 e. The van der Waals surface area contributed by atoms with E-state index in [2.05, 4.69) is 20.8 Å². The summed E-state index contributed by atoms with van der Waals surface area (Å²) < 4.78 is 6.26. The fraction of sp³-hybridized carbons (Fsp3) is 1.00. The molecule has 0 aromatic carbocycles. The van der Waals surface area contributed by atoms with E-state index >= 15 is 0 Å². The number of aliphatic hydroxyl groups excluding tert-OH is 1. The average molecular weight is 255 g/mol. The number of hydrogen-bond donors (Lipinski definition) is 2. The van der Waals surface area contributed by atoms with E-state index in [1.165, 1.54) is 12.8 Å². The first-order valence-corrected chi connectivity index (χ1v) is 7.37. The van der Waals surface area contributed by atoms with Gasteiger partial charge in [-0.1, -0.05) is 20.8 Å². The van der Waals surface area contributed by atoms with Crippen LogP contribution in [0, 0.1) is 11.3 Å². The Bertz CT molecular complexity index is 292. The molecule has 0 spiro atoms. The van der Waals surface area contributed by atoms with Crippen LogP contribution in [-0.2, 0) is 4.74 Å². The van der Waals surface area contributed by atoms with Crippen molar-refractivity contribution >= 4 is 0 Å². The molecule has 2 aliphatic carbocycles. The summed E-state index contributed by atoms with van der Waals surface area (Å²) in [6.45, 7) is 7.09. The molecular formula is C15H29NO2. The minimum absolute atomic E-state index is 0.0828. The van der Waals surface area contributed by atoms with E-state index in [0.29, 0.717) is 11.5 Å². The summed E-state index contributed by atoms with van der Waals surface area (Å²) >= 11 is 0. The lowest BCUT2D eigenvalue weighted by Gasteiger charge is -2.40. The molecule has 2 fully saturated rings. The van der Waals surface area contributed by atoms with Crippen molar-refractivity contribution in [1.82, 2.24) is 0 Å². The first kappa shape index (κ1) is 14.3. The predicted octanol–water partition coefficient (Wildman–Crippen LogP) is 2.46. The second kappa shape index (κ2) is 5.10. The standard InChI is InChI=1S/C15H29NO2/c1-11-6-13(8-14(2,3)7-11)18-12-4-5-15(16,9-12)10-17/h11-13,17H,4-10,16H2,1-3H3. The maximum absolute atomic E-state index is 9.29. The monoisotopic (exact) mass is 255 g/mol. The summed E-state index contributed by atoms with van der Waals surface area (Å²) in [5, 5.41) is 9.29. The minimum Gasteiger partial charge on any atom is -0.394 e. The van der Waals surface area contributed by atoms with Gasteiger partial charge in [0.15, 0.2) is 0 Å². The van der Waals surface area contributed by atoms with Crippen LogP contribution < -0.4 is 5.73 Å². The Balaban J connectivity index is 1.87. The molecule has 2 rings (SSSR count). The van der Waals surface area contributed by atoms with Gasteiger partial charge in [0, 0.05) is 5.54 Å². The predicted molar refractivity (Wildman–Crippen MR) is 73.3 cm³/mol. The molecule has 2 saturated carbocycles. The number of rotatable bonds is 3. The van der Waals surface area contributed by atoms with Gasteiger partial charge in [0.1, 0.15) is 0 Å². The molecule has 3 heteroatoms. The fourth-order valence-corrected chi connectivity index (χ4v) is 4.00. The first-order chi connectivity index (χ1) is 8.32. The second-order valence-electron chi connectivity index (χ2n) is 7.56. The normalized spacial score (nSPS) is 44.2. The summed E-state index contributed by atoms with van der Waals surface area (Å²) in [6, 6.07) is 0. The maximum atomic E-state index is 9.29. The number of nitrogens with two attached hydrogens (primary N) is 1. The Hall–Kier alpha value is -0.120. The molecule has 4 unspecified atom stereocenters. The molecule has 18 heavy (non-hydrogen) atoms. The fourth-order valence-electron chi connectivity index (χ4n) is 4.00. The molecule has 3 N–H and O–H groups in total. The minimum atomic E-state index is -0.388. The molecule has 0 aliphatic heterocycles. The second-order valence-corrected chi connectivity index (χ2v) is 7.56. The van der Waals surface area contributed by atoms with Gasteiger partial charge in [0.25, 0.3) is 0 Å². The highest BCUT2D eigenvalue weighted by atomic mass is 16.5. The van der Waals surface area contributed by atoms with Crippen molar-refractivity contribution in [2.24, 2.45) is 17.1 Å².